The van der Waals surface area contributed by atoms with Gasteiger partial charge in [0.25, 0.3) is 0 Å². The molecule has 0 aliphatic carbocycles. The van der Waals surface area contributed by atoms with Gasteiger partial charge in [-0.3, -0.25) is 0 Å². The van der Waals surface area contributed by atoms with E-state index >= 15 is 0 Å². The molecule has 0 N–H and O–H groups in total. The van der Waals surface area contributed by atoms with Crippen LogP contribution in [-0.2, 0) is 0 Å². The van der Waals surface area contributed by atoms with Crippen LogP contribution in [0, 0.1) is 0 Å². The van der Waals surface area contributed by atoms with Gasteiger partial charge in [-0.25, -0.2) is 9.67 Å². The predicted molar refractivity (Wildman–Crippen MR) is 76.8 cm³/mol. The van der Waals surface area contributed by atoms with Crippen molar-refractivity contribution in [3.8, 4) is 5.69 Å². The van der Waals surface area contributed by atoms with E-state index in [1.807, 2.05) is 45.9 Å². The fourth-order valence-corrected chi connectivity index (χ4v) is 1.86. The number of benzene rings is 1. The van der Waals surface area contributed by atoms with Crippen molar-refractivity contribution in [2.45, 2.75) is 27.7 Å². The first-order valence-corrected chi connectivity index (χ1v) is 6.74. The lowest BCUT2D eigenvalue weighted by Crippen LogP contribution is -1.93. The van der Waals surface area contributed by atoms with Crippen LogP contribution in [0.5, 0.6) is 0 Å². The van der Waals surface area contributed by atoms with Crippen molar-refractivity contribution in [1.82, 2.24) is 14.8 Å². The number of hydrogen-bond donors (Lipinski definition) is 0. The Balaban J connectivity index is 0.000000581. The van der Waals surface area contributed by atoms with Gasteiger partial charge >= 0.3 is 0 Å². The second-order valence-electron chi connectivity index (χ2n) is 2.47. The zero-order chi connectivity index (χ0) is 13.3. The number of nitrogens with zero attached hydrogens (tertiary/aromatic N) is 3. The van der Waals surface area contributed by atoms with E-state index in [1.54, 1.807) is 11.0 Å². The third kappa shape index (κ3) is 5.33. The Morgan fingerprint density at radius 1 is 1.12 bits per heavy atom. The number of hydrogen-bond acceptors (Lipinski definition) is 2. The van der Waals surface area contributed by atoms with Gasteiger partial charge in [0.2, 0.25) is 0 Å². The van der Waals surface area contributed by atoms with E-state index < -0.39 is 0 Å². The second-order valence-corrected chi connectivity index (χ2v) is 3.82. The molecule has 1 aromatic carbocycles. The Kier molecular flexibility index (Phi) is 8.72. The van der Waals surface area contributed by atoms with E-state index in [4.69, 9.17) is 11.6 Å². The largest absolute Gasteiger partial charge is 0.223 e. The molecule has 0 bridgehead atoms. The molecule has 0 amide bonds. The minimum absolute atomic E-state index is 0.667. The summed E-state index contributed by atoms with van der Waals surface area (Å²) in [6.07, 6.45) is 3.10. The van der Waals surface area contributed by atoms with Crippen LogP contribution >= 0.6 is 27.5 Å². The van der Waals surface area contributed by atoms with Crippen molar-refractivity contribution in [2.75, 3.05) is 0 Å². The number of halogens is 2. The first-order chi connectivity index (χ1) is 8.25. The molecular formula is C12H17BrClN3. The predicted octanol–water partition coefficient (Wildman–Crippen LogP) is 4.74. The molecule has 0 radical (unpaired) electrons. The highest BCUT2D eigenvalue weighted by atomic mass is 79.9. The van der Waals surface area contributed by atoms with Crippen LogP contribution in [-0.4, -0.2) is 14.8 Å². The normalized spacial score (nSPS) is 8.59. The van der Waals surface area contributed by atoms with Crippen LogP contribution in [0.2, 0.25) is 5.02 Å². The Morgan fingerprint density at radius 2 is 1.76 bits per heavy atom. The van der Waals surface area contributed by atoms with E-state index in [-0.39, 0.29) is 0 Å². The molecule has 0 atom stereocenters. The van der Waals surface area contributed by atoms with Crippen LogP contribution in [0.3, 0.4) is 0 Å². The summed E-state index contributed by atoms with van der Waals surface area (Å²) in [7, 11) is 0. The summed E-state index contributed by atoms with van der Waals surface area (Å²) in [4.78, 5) is 3.85. The molecule has 17 heavy (non-hydrogen) atoms. The Labute approximate surface area is 116 Å². The van der Waals surface area contributed by atoms with Gasteiger partial charge in [0.15, 0.2) is 0 Å². The zero-order valence-electron chi connectivity index (χ0n) is 10.5. The lowest BCUT2D eigenvalue weighted by atomic mass is 10.3. The Morgan fingerprint density at radius 3 is 2.24 bits per heavy atom. The molecule has 2 aromatic rings. The summed E-state index contributed by atoms with van der Waals surface area (Å²) >= 11 is 9.23. The van der Waals surface area contributed by atoms with E-state index in [0.29, 0.717) is 5.02 Å². The summed E-state index contributed by atoms with van der Waals surface area (Å²) < 4.78 is 2.57. The van der Waals surface area contributed by atoms with E-state index in [0.717, 1.165) is 10.2 Å². The van der Waals surface area contributed by atoms with Crippen molar-refractivity contribution >= 4 is 27.5 Å². The first-order valence-electron chi connectivity index (χ1n) is 5.57. The minimum Gasteiger partial charge on any atom is -0.223 e. The lowest BCUT2D eigenvalue weighted by Gasteiger charge is -2.01. The lowest BCUT2D eigenvalue weighted by molar-refractivity contribution is 0.878. The first kappa shape index (κ1) is 16.1. The second kappa shape index (κ2) is 9.19. The van der Waals surface area contributed by atoms with Crippen LogP contribution in [0.1, 0.15) is 27.7 Å². The summed E-state index contributed by atoms with van der Waals surface area (Å²) in [5, 5.41) is 4.66. The maximum atomic E-state index is 5.88. The van der Waals surface area contributed by atoms with Crippen molar-refractivity contribution in [3.05, 3.63) is 40.3 Å². The van der Waals surface area contributed by atoms with Gasteiger partial charge in [-0.05, 0) is 18.2 Å². The topological polar surface area (TPSA) is 30.7 Å². The van der Waals surface area contributed by atoms with Crippen LogP contribution < -0.4 is 0 Å². The maximum Gasteiger partial charge on any atom is 0.138 e. The zero-order valence-corrected chi connectivity index (χ0v) is 12.8. The molecule has 0 saturated carbocycles. The molecule has 0 aliphatic rings. The Hall–Kier alpha value is -0.870. The highest BCUT2D eigenvalue weighted by molar-refractivity contribution is 9.10. The van der Waals surface area contributed by atoms with E-state index in [9.17, 15) is 0 Å². The number of aromatic nitrogens is 3. The van der Waals surface area contributed by atoms with E-state index in [2.05, 4.69) is 26.0 Å². The quantitative estimate of drug-likeness (QED) is 0.760. The molecular weight excluding hydrogens is 302 g/mol. The summed E-state index contributed by atoms with van der Waals surface area (Å²) in [5.74, 6) is 0. The average Bonchev–Trinajstić information content (AvgIpc) is 2.86. The minimum atomic E-state index is 0.667. The molecule has 0 fully saturated rings. The van der Waals surface area contributed by atoms with Gasteiger partial charge in [-0.1, -0.05) is 55.2 Å². The number of rotatable bonds is 1. The van der Waals surface area contributed by atoms with Gasteiger partial charge in [-0.2, -0.15) is 5.10 Å². The monoisotopic (exact) mass is 317 g/mol. The third-order valence-electron chi connectivity index (χ3n) is 1.53. The SMILES string of the molecule is CC.CC.Clc1cc(Br)cc(-n2cncn2)c1. The molecule has 94 valence electrons. The van der Waals surface area contributed by atoms with Crippen molar-refractivity contribution in [3.63, 3.8) is 0 Å². The summed E-state index contributed by atoms with van der Waals surface area (Å²) in [6.45, 7) is 8.00. The van der Waals surface area contributed by atoms with Crippen molar-refractivity contribution in [1.29, 1.82) is 0 Å². The standard InChI is InChI=1S/C8H5BrClN3.2C2H6/c9-6-1-7(10)3-8(2-6)13-5-11-4-12-13;2*1-2/h1-5H;2*1-2H3. The Bertz CT molecular complexity index is 395. The molecule has 0 spiro atoms. The molecule has 1 heterocycles. The van der Waals surface area contributed by atoms with Crippen LogP contribution in [0.15, 0.2) is 35.3 Å². The van der Waals surface area contributed by atoms with Crippen molar-refractivity contribution < 1.29 is 0 Å². The van der Waals surface area contributed by atoms with Gasteiger partial charge in [0, 0.05) is 9.50 Å². The third-order valence-corrected chi connectivity index (χ3v) is 2.21. The van der Waals surface area contributed by atoms with E-state index in [1.165, 1.54) is 6.33 Å². The molecule has 0 aliphatic heterocycles. The highest BCUT2D eigenvalue weighted by Crippen LogP contribution is 2.21. The summed E-state index contributed by atoms with van der Waals surface area (Å²) in [6, 6.07) is 5.56. The molecule has 0 unspecified atom stereocenters. The van der Waals surface area contributed by atoms with Gasteiger partial charge < -0.3 is 0 Å². The average molecular weight is 319 g/mol. The highest BCUT2D eigenvalue weighted by Gasteiger charge is 1.99. The van der Waals surface area contributed by atoms with Gasteiger partial charge in [0.1, 0.15) is 12.7 Å². The van der Waals surface area contributed by atoms with Crippen molar-refractivity contribution in [2.24, 2.45) is 0 Å². The van der Waals surface area contributed by atoms with Crippen LogP contribution in [0.25, 0.3) is 5.69 Å². The molecule has 2 rings (SSSR count). The maximum absolute atomic E-state index is 5.88. The smallest absolute Gasteiger partial charge is 0.138 e. The van der Waals surface area contributed by atoms with Gasteiger partial charge in [-0.15, -0.1) is 0 Å². The molecule has 5 heteroatoms. The summed E-state index contributed by atoms with van der Waals surface area (Å²) in [5.41, 5.74) is 0.886. The fraction of sp³-hybridized carbons (Fsp3) is 0.333. The molecule has 3 nitrogen and oxygen atoms in total. The molecule has 0 saturated heterocycles. The molecule has 1 aromatic heterocycles. The fourth-order valence-electron chi connectivity index (χ4n) is 1.01. The van der Waals surface area contributed by atoms with Gasteiger partial charge in [0.05, 0.1) is 5.69 Å². The van der Waals surface area contributed by atoms with Crippen LogP contribution in [0.4, 0.5) is 0 Å².